The third-order valence-electron chi connectivity index (χ3n) is 3.87. The van der Waals surface area contributed by atoms with E-state index in [0.717, 1.165) is 12.2 Å². The summed E-state index contributed by atoms with van der Waals surface area (Å²) < 4.78 is 0. The number of pyridine rings is 1. The van der Waals surface area contributed by atoms with Gasteiger partial charge in [-0.2, -0.15) is 12.6 Å². The van der Waals surface area contributed by atoms with Gasteiger partial charge in [-0.1, -0.05) is 25.3 Å². The Morgan fingerprint density at radius 3 is 2.94 bits per heavy atom. The fourth-order valence-electron chi connectivity index (χ4n) is 2.81. The van der Waals surface area contributed by atoms with Crippen molar-refractivity contribution in [2.24, 2.45) is 0 Å². The van der Waals surface area contributed by atoms with E-state index in [-0.39, 0.29) is 0 Å². The van der Waals surface area contributed by atoms with Crippen LogP contribution in [0, 0.1) is 0 Å². The topological polar surface area (TPSA) is 16.1 Å². The summed E-state index contributed by atoms with van der Waals surface area (Å²) in [6.45, 7) is 1.21. The Balaban J connectivity index is 2.13. The molecular formula is C15H24N2S. The molecule has 0 bridgehead atoms. The molecule has 1 fully saturated rings. The SMILES string of the molecule is CN1CCCCCCC1c1cncc(CCS)c1. The monoisotopic (exact) mass is 264 g/mol. The molecule has 1 aromatic heterocycles. The summed E-state index contributed by atoms with van der Waals surface area (Å²) in [5, 5.41) is 0. The number of likely N-dealkylation sites (tertiary alicyclic amines) is 1. The summed E-state index contributed by atoms with van der Waals surface area (Å²) in [7, 11) is 2.25. The number of rotatable bonds is 3. The van der Waals surface area contributed by atoms with Crippen LogP contribution in [0.25, 0.3) is 0 Å². The van der Waals surface area contributed by atoms with E-state index in [1.54, 1.807) is 0 Å². The molecule has 2 rings (SSSR count). The maximum absolute atomic E-state index is 4.41. The van der Waals surface area contributed by atoms with Crippen molar-refractivity contribution >= 4 is 12.6 Å². The van der Waals surface area contributed by atoms with E-state index in [1.807, 2.05) is 12.4 Å². The van der Waals surface area contributed by atoms with E-state index in [1.165, 1.54) is 49.8 Å². The molecule has 3 heteroatoms. The van der Waals surface area contributed by atoms with Gasteiger partial charge in [-0.05, 0) is 49.7 Å². The fourth-order valence-corrected chi connectivity index (χ4v) is 3.06. The van der Waals surface area contributed by atoms with Gasteiger partial charge in [0.1, 0.15) is 0 Å². The van der Waals surface area contributed by atoms with E-state index in [0.29, 0.717) is 6.04 Å². The smallest absolute Gasteiger partial charge is 0.0360 e. The number of hydrogen-bond donors (Lipinski definition) is 1. The Bertz CT molecular complexity index is 367. The zero-order chi connectivity index (χ0) is 12.8. The minimum Gasteiger partial charge on any atom is -0.299 e. The first-order valence-corrected chi connectivity index (χ1v) is 7.69. The van der Waals surface area contributed by atoms with Crippen LogP contribution in [0.4, 0.5) is 0 Å². The predicted molar refractivity (Wildman–Crippen MR) is 80.3 cm³/mol. The summed E-state index contributed by atoms with van der Waals surface area (Å²) in [6, 6.07) is 2.88. The standard InChI is InChI=1S/C15H24N2S/c1-17-8-5-3-2-4-6-15(17)14-10-13(7-9-18)11-16-12-14/h10-12,15,18H,2-9H2,1H3. The Kier molecular flexibility index (Phi) is 5.51. The molecule has 0 N–H and O–H groups in total. The van der Waals surface area contributed by atoms with Crippen LogP contribution in [0.5, 0.6) is 0 Å². The highest BCUT2D eigenvalue weighted by Gasteiger charge is 2.18. The van der Waals surface area contributed by atoms with Gasteiger partial charge in [0, 0.05) is 18.4 Å². The zero-order valence-corrected chi connectivity index (χ0v) is 12.2. The molecule has 0 radical (unpaired) electrons. The lowest BCUT2D eigenvalue weighted by molar-refractivity contribution is 0.209. The molecule has 2 nitrogen and oxygen atoms in total. The summed E-state index contributed by atoms with van der Waals surface area (Å²) in [5.74, 6) is 0.894. The minimum absolute atomic E-state index is 0.553. The van der Waals surface area contributed by atoms with Crippen LogP contribution >= 0.6 is 12.6 Å². The molecule has 100 valence electrons. The Hall–Kier alpha value is -0.540. The van der Waals surface area contributed by atoms with Gasteiger partial charge in [-0.3, -0.25) is 9.88 Å². The van der Waals surface area contributed by atoms with Gasteiger partial charge in [0.2, 0.25) is 0 Å². The first-order valence-electron chi connectivity index (χ1n) is 7.06. The molecule has 1 aliphatic heterocycles. The first kappa shape index (κ1) is 13.9. The molecule has 18 heavy (non-hydrogen) atoms. The van der Waals surface area contributed by atoms with Crippen LogP contribution < -0.4 is 0 Å². The van der Waals surface area contributed by atoms with Gasteiger partial charge in [-0.25, -0.2) is 0 Å². The Morgan fingerprint density at radius 1 is 1.28 bits per heavy atom. The van der Waals surface area contributed by atoms with Crippen molar-refractivity contribution in [3.63, 3.8) is 0 Å². The van der Waals surface area contributed by atoms with Crippen LogP contribution in [0.2, 0.25) is 0 Å². The average Bonchev–Trinajstić information content (AvgIpc) is 2.35. The maximum atomic E-state index is 4.41. The lowest BCUT2D eigenvalue weighted by Gasteiger charge is -2.30. The lowest BCUT2D eigenvalue weighted by atomic mass is 9.96. The van der Waals surface area contributed by atoms with E-state index < -0.39 is 0 Å². The normalized spacial score (nSPS) is 22.4. The van der Waals surface area contributed by atoms with Crippen molar-refractivity contribution in [2.75, 3.05) is 19.3 Å². The molecular weight excluding hydrogens is 240 g/mol. The molecule has 0 spiro atoms. The van der Waals surface area contributed by atoms with Gasteiger partial charge in [-0.15, -0.1) is 0 Å². The summed E-state index contributed by atoms with van der Waals surface area (Å²) in [5.41, 5.74) is 2.71. The number of aromatic nitrogens is 1. The van der Waals surface area contributed by atoms with Gasteiger partial charge < -0.3 is 0 Å². The molecule has 1 aliphatic rings. The highest BCUT2D eigenvalue weighted by molar-refractivity contribution is 7.80. The predicted octanol–water partition coefficient (Wildman–Crippen LogP) is 3.49. The van der Waals surface area contributed by atoms with Crippen LogP contribution in [-0.4, -0.2) is 29.2 Å². The second-order valence-corrected chi connectivity index (χ2v) is 5.75. The largest absolute Gasteiger partial charge is 0.299 e. The molecule has 0 amide bonds. The summed E-state index contributed by atoms with van der Waals surface area (Å²) in [6.07, 6.45) is 11.7. The number of hydrogen-bond acceptors (Lipinski definition) is 3. The van der Waals surface area contributed by atoms with Gasteiger partial charge in [0.15, 0.2) is 0 Å². The molecule has 2 heterocycles. The van der Waals surface area contributed by atoms with E-state index in [2.05, 4.69) is 35.6 Å². The van der Waals surface area contributed by atoms with Gasteiger partial charge in [0.25, 0.3) is 0 Å². The highest BCUT2D eigenvalue weighted by atomic mass is 32.1. The van der Waals surface area contributed by atoms with Crippen LogP contribution in [0.1, 0.15) is 49.3 Å². The number of thiol groups is 1. The van der Waals surface area contributed by atoms with Crippen molar-refractivity contribution in [2.45, 2.75) is 44.6 Å². The highest BCUT2D eigenvalue weighted by Crippen LogP contribution is 2.28. The second-order valence-electron chi connectivity index (χ2n) is 5.30. The van der Waals surface area contributed by atoms with Gasteiger partial charge >= 0.3 is 0 Å². The third-order valence-corrected chi connectivity index (χ3v) is 4.10. The molecule has 0 aromatic carbocycles. The zero-order valence-electron chi connectivity index (χ0n) is 11.3. The number of nitrogens with zero attached hydrogens (tertiary/aromatic N) is 2. The first-order chi connectivity index (χ1) is 8.81. The van der Waals surface area contributed by atoms with Crippen molar-refractivity contribution in [1.29, 1.82) is 0 Å². The van der Waals surface area contributed by atoms with E-state index in [9.17, 15) is 0 Å². The van der Waals surface area contributed by atoms with Crippen LogP contribution in [0.3, 0.4) is 0 Å². The Morgan fingerprint density at radius 2 is 2.11 bits per heavy atom. The fraction of sp³-hybridized carbons (Fsp3) is 0.667. The van der Waals surface area contributed by atoms with Crippen molar-refractivity contribution in [3.05, 3.63) is 29.6 Å². The minimum atomic E-state index is 0.553. The second kappa shape index (κ2) is 7.15. The molecule has 1 unspecified atom stereocenters. The molecule has 1 aromatic rings. The molecule has 0 saturated carbocycles. The average molecular weight is 264 g/mol. The Labute approximate surface area is 116 Å². The summed E-state index contributed by atoms with van der Waals surface area (Å²) in [4.78, 5) is 6.91. The number of aryl methyl sites for hydroxylation is 1. The lowest BCUT2D eigenvalue weighted by Crippen LogP contribution is -2.27. The van der Waals surface area contributed by atoms with Crippen molar-refractivity contribution in [1.82, 2.24) is 9.88 Å². The van der Waals surface area contributed by atoms with E-state index >= 15 is 0 Å². The van der Waals surface area contributed by atoms with Crippen molar-refractivity contribution in [3.8, 4) is 0 Å². The third kappa shape index (κ3) is 3.72. The van der Waals surface area contributed by atoms with Crippen molar-refractivity contribution < 1.29 is 0 Å². The van der Waals surface area contributed by atoms with E-state index in [4.69, 9.17) is 0 Å². The molecule has 1 atom stereocenters. The van der Waals surface area contributed by atoms with Crippen LogP contribution in [0.15, 0.2) is 18.5 Å². The maximum Gasteiger partial charge on any atom is 0.0360 e. The molecule has 0 aliphatic carbocycles. The van der Waals surface area contributed by atoms with Crippen LogP contribution in [-0.2, 0) is 6.42 Å². The quantitative estimate of drug-likeness (QED) is 0.841. The molecule has 1 saturated heterocycles. The summed E-state index contributed by atoms with van der Waals surface area (Å²) >= 11 is 4.30. The van der Waals surface area contributed by atoms with Gasteiger partial charge in [0.05, 0.1) is 0 Å².